The molecule has 0 amide bonds. The maximum Gasteiger partial charge on any atom is 0.127 e. The summed E-state index contributed by atoms with van der Waals surface area (Å²) in [6, 6.07) is 10.3. The topological polar surface area (TPSA) is 44.5 Å². The minimum Gasteiger partial charge on any atom is -0.496 e. The second kappa shape index (κ2) is 5.37. The van der Waals surface area contributed by atoms with E-state index in [1.165, 1.54) is 12.1 Å². The molecule has 0 aromatic heterocycles. The Bertz CT molecular complexity index is 672. The van der Waals surface area contributed by atoms with E-state index >= 15 is 0 Å². The van der Waals surface area contributed by atoms with E-state index in [4.69, 9.17) is 15.2 Å². The third-order valence-corrected chi connectivity index (χ3v) is 3.90. The first-order chi connectivity index (χ1) is 10.1. The Hall–Kier alpha value is -2.07. The third-order valence-electron chi connectivity index (χ3n) is 3.90. The monoisotopic (exact) mass is 287 g/mol. The highest BCUT2D eigenvalue weighted by Gasteiger charge is 2.27. The van der Waals surface area contributed by atoms with Crippen molar-refractivity contribution in [1.82, 2.24) is 0 Å². The fourth-order valence-corrected chi connectivity index (χ4v) is 2.78. The van der Waals surface area contributed by atoms with Crippen molar-refractivity contribution < 1.29 is 13.9 Å². The third kappa shape index (κ3) is 2.59. The molecule has 0 saturated heterocycles. The van der Waals surface area contributed by atoms with Crippen molar-refractivity contribution in [1.29, 1.82) is 0 Å². The summed E-state index contributed by atoms with van der Waals surface area (Å²) in [4.78, 5) is 0. The van der Waals surface area contributed by atoms with Gasteiger partial charge in [0.1, 0.15) is 23.4 Å². The van der Waals surface area contributed by atoms with Crippen molar-refractivity contribution in [2.45, 2.75) is 25.5 Å². The van der Waals surface area contributed by atoms with Gasteiger partial charge in [-0.15, -0.1) is 0 Å². The lowest BCUT2D eigenvalue weighted by molar-refractivity contribution is 0.160. The summed E-state index contributed by atoms with van der Waals surface area (Å²) in [5.41, 5.74) is 9.12. The molecule has 2 N–H and O–H groups in total. The zero-order valence-corrected chi connectivity index (χ0v) is 12.1. The first-order valence-corrected chi connectivity index (χ1v) is 6.94. The molecule has 1 heterocycles. The first-order valence-electron chi connectivity index (χ1n) is 6.94. The van der Waals surface area contributed by atoms with Gasteiger partial charge in [0, 0.05) is 24.1 Å². The average molecular weight is 287 g/mol. The van der Waals surface area contributed by atoms with Gasteiger partial charge in [0.25, 0.3) is 0 Å². The summed E-state index contributed by atoms with van der Waals surface area (Å²) in [6.45, 7) is 1.98. The maximum absolute atomic E-state index is 13.4. The molecule has 21 heavy (non-hydrogen) atoms. The average Bonchev–Trinajstić information content (AvgIpc) is 2.46. The van der Waals surface area contributed by atoms with Crippen LogP contribution in [-0.2, 0) is 0 Å². The van der Waals surface area contributed by atoms with E-state index in [-0.39, 0.29) is 18.0 Å². The van der Waals surface area contributed by atoms with Gasteiger partial charge < -0.3 is 15.2 Å². The molecule has 0 fully saturated rings. The van der Waals surface area contributed by atoms with Crippen molar-refractivity contribution in [2.75, 3.05) is 7.11 Å². The Morgan fingerprint density at radius 1 is 1.24 bits per heavy atom. The lowest BCUT2D eigenvalue weighted by atomic mass is 9.93. The van der Waals surface area contributed by atoms with E-state index in [2.05, 4.69) is 0 Å². The molecular weight excluding hydrogens is 269 g/mol. The lowest BCUT2D eigenvalue weighted by Gasteiger charge is -2.30. The summed E-state index contributed by atoms with van der Waals surface area (Å²) in [7, 11) is 1.65. The Morgan fingerprint density at radius 3 is 2.76 bits per heavy atom. The number of rotatable bonds is 2. The zero-order valence-electron chi connectivity index (χ0n) is 12.1. The van der Waals surface area contributed by atoms with Crippen molar-refractivity contribution in [3.8, 4) is 11.5 Å². The quantitative estimate of drug-likeness (QED) is 0.916. The SMILES string of the molecule is COc1ccc(C2C[C@H](N)c3ccc(F)cc3O2)cc1C. The highest BCUT2D eigenvalue weighted by Crippen LogP contribution is 2.40. The summed E-state index contributed by atoms with van der Waals surface area (Å²) < 4.78 is 24.6. The highest BCUT2D eigenvalue weighted by molar-refractivity contribution is 5.42. The summed E-state index contributed by atoms with van der Waals surface area (Å²) in [5, 5.41) is 0. The van der Waals surface area contributed by atoms with Crippen molar-refractivity contribution in [3.63, 3.8) is 0 Å². The molecule has 1 unspecified atom stereocenters. The van der Waals surface area contributed by atoms with Crippen LogP contribution in [0.15, 0.2) is 36.4 Å². The molecule has 2 atom stereocenters. The van der Waals surface area contributed by atoms with E-state index in [1.54, 1.807) is 13.2 Å². The number of benzene rings is 2. The first kappa shape index (κ1) is 13.9. The van der Waals surface area contributed by atoms with Gasteiger partial charge in [-0.3, -0.25) is 0 Å². The van der Waals surface area contributed by atoms with Gasteiger partial charge in [-0.2, -0.15) is 0 Å². The standard InChI is InChI=1S/C17H18FNO2/c1-10-7-11(3-6-15(10)20-2)16-9-14(19)13-5-4-12(18)8-17(13)21-16/h3-8,14,16H,9,19H2,1-2H3/t14-,16?/m0/s1. The van der Waals surface area contributed by atoms with Gasteiger partial charge in [-0.25, -0.2) is 4.39 Å². The molecule has 0 bridgehead atoms. The Balaban J connectivity index is 1.93. The zero-order chi connectivity index (χ0) is 15.0. The van der Waals surface area contributed by atoms with Crippen LogP contribution in [0.5, 0.6) is 11.5 Å². The van der Waals surface area contributed by atoms with E-state index < -0.39 is 0 Å². The van der Waals surface area contributed by atoms with Gasteiger partial charge >= 0.3 is 0 Å². The van der Waals surface area contributed by atoms with Crippen LogP contribution >= 0.6 is 0 Å². The predicted molar refractivity (Wildman–Crippen MR) is 79.0 cm³/mol. The van der Waals surface area contributed by atoms with Crippen LogP contribution in [0.4, 0.5) is 4.39 Å². The van der Waals surface area contributed by atoms with E-state index in [0.717, 1.165) is 22.4 Å². The molecule has 1 aliphatic heterocycles. The summed E-state index contributed by atoms with van der Waals surface area (Å²) >= 11 is 0. The highest BCUT2D eigenvalue weighted by atomic mass is 19.1. The van der Waals surface area contributed by atoms with Crippen molar-refractivity contribution in [3.05, 3.63) is 58.9 Å². The summed E-state index contributed by atoms with van der Waals surface area (Å²) in [6.07, 6.45) is 0.503. The number of hydrogen-bond acceptors (Lipinski definition) is 3. The largest absolute Gasteiger partial charge is 0.496 e. The second-order valence-electron chi connectivity index (χ2n) is 5.36. The summed E-state index contributed by atoms with van der Waals surface area (Å²) in [5.74, 6) is 1.06. The molecule has 1 aliphatic rings. The van der Waals surface area contributed by atoms with E-state index in [1.807, 2.05) is 25.1 Å². The number of hydrogen-bond donors (Lipinski definition) is 1. The van der Waals surface area contributed by atoms with Gasteiger partial charge in [-0.05, 0) is 36.2 Å². The van der Waals surface area contributed by atoms with Crippen LogP contribution in [-0.4, -0.2) is 7.11 Å². The van der Waals surface area contributed by atoms with Crippen LogP contribution in [0, 0.1) is 12.7 Å². The number of ether oxygens (including phenoxy) is 2. The number of halogens is 1. The fourth-order valence-electron chi connectivity index (χ4n) is 2.78. The van der Waals surface area contributed by atoms with Crippen molar-refractivity contribution >= 4 is 0 Å². The molecule has 3 rings (SSSR count). The van der Waals surface area contributed by atoms with Gasteiger partial charge in [0.2, 0.25) is 0 Å². The molecule has 0 spiro atoms. The molecule has 0 radical (unpaired) electrons. The van der Waals surface area contributed by atoms with Gasteiger partial charge in [0.05, 0.1) is 7.11 Å². The minimum atomic E-state index is -0.312. The Morgan fingerprint density at radius 2 is 2.05 bits per heavy atom. The van der Waals surface area contributed by atoms with Crippen LogP contribution in [0.1, 0.15) is 35.3 Å². The minimum absolute atomic E-state index is 0.151. The second-order valence-corrected chi connectivity index (χ2v) is 5.36. The number of methoxy groups -OCH3 is 1. The smallest absolute Gasteiger partial charge is 0.127 e. The molecule has 4 heteroatoms. The molecule has 2 aromatic rings. The van der Waals surface area contributed by atoms with Crippen LogP contribution in [0.2, 0.25) is 0 Å². The number of fused-ring (bicyclic) bond motifs is 1. The predicted octanol–water partition coefficient (Wildman–Crippen LogP) is 3.67. The molecule has 0 saturated carbocycles. The van der Waals surface area contributed by atoms with Crippen molar-refractivity contribution in [2.24, 2.45) is 5.73 Å². The maximum atomic E-state index is 13.4. The number of aryl methyl sites for hydroxylation is 1. The Labute approximate surface area is 123 Å². The van der Waals surface area contributed by atoms with E-state index in [9.17, 15) is 4.39 Å². The lowest BCUT2D eigenvalue weighted by Crippen LogP contribution is -2.24. The van der Waals surface area contributed by atoms with Gasteiger partial charge in [-0.1, -0.05) is 12.1 Å². The fraction of sp³-hybridized carbons (Fsp3) is 0.294. The molecule has 3 nitrogen and oxygen atoms in total. The normalized spacial score (nSPS) is 20.6. The van der Waals surface area contributed by atoms with Crippen LogP contribution in [0.25, 0.3) is 0 Å². The molecule has 0 aliphatic carbocycles. The Kier molecular flexibility index (Phi) is 3.55. The van der Waals surface area contributed by atoms with Crippen LogP contribution < -0.4 is 15.2 Å². The molecular formula is C17H18FNO2. The van der Waals surface area contributed by atoms with Gasteiger partial charge in [0.15, 0.2) is 0 Å². The number of nitrogens with two attached hydrogens (primary N) is 1. The molecule has 2 aromatic carbocycles. The molecule has 110 valence electrons. The van der Waals surface area contributed by atoms with E-state index in [0.29, 0.717) is 12.2 Å². The van der Waals surface area contributed by atoms with Crippen LogP contribution in [0.3, 0.4) is 0 Å².